The summed E-state index contributed by atoms with van der Waals surface area (Å²) in [6.45, 7) is 0. The monoisotopic (exact) mass is 947 g/mol. The van der Waals surface area contributed by atoms with Crippen LogP contribution in [0.15, 0.2) is 297 Å². The molecule has 344 valence electrons. The van der Waals surface area contributed by atoms with Crippen LogP contribution in [0.1, 0.15) is 0 Å². The Morgan fingerprint density at radius 2 is 0.493 bits per heavy atom. The Hall–Kier alpha value is -9.35. The minimum Gasteiger partial charge on any atom is -0.208 e. The Bertz CT molecular complexity index is 3580. The van der Waals surface area contributed by atoms with Crippen molar-refractivity contribution in [2.45, 2.75) is 0 Å². The summed E-state index contributed by atoms with van der Waals surface area (Å²) >= 11 is 0. The highest BCUT2D eigenvalue weighted by molar-refractivity contribution is 7.19. The molecule has 1 heterocycles. The fraction of sp³-hybridized carbons (Fsp3) is 0. The molecule has 0 bridgehead atoms. The van der Waals surface area contributed by atoms with Gasteiger partial charge in [0.05, 0.1) is 0 Å². The standard InChI is InChI=1S/C69H49N3Si/c1-8-23-50(24-9-1)53-39-43-56(44-40-53)67-70-68(57-45-41-54(42-46-57)51-25-10-2-11-26-51)72-69(71-67)65-49-59(52-27-12-3-13-28-52)48-64(66(65)55-29-14-4-15-30-55)58-31-22-38-63(47-58)73(60-32-16-5-17-33-60,61-34-18-6-19-35-61)62-36-20-7-21-37-62/h1-49H. The van der Waals surface area contributed by atoms with E-state index in [2.05, 4.69) is 285 Å². The highest BCUT2D eigenvalue weighted by atomic mass is 28.3. The van der Waals surface area contributed by atoms with Crippen molar-refractivity contribution in [2.75, 3.05) is 0 Å². The van der Waals surface area contributed by atoms with Crippen molar-refractivity contribution in [3.05, 3.63) is 297 Å². The van der Waals surface area contributed by atoms with Crippen LogP contribution >= 0.6 is 0 Å². The number of nitrogens with zero attached hydrogens (tertiary/aromatic N) is 3. The molecule has 73 heavy (non-hydrogen) atoms. The van der Waals surface area contributed by atoms with Gasteiger partial charge in [0, 0.05) is 22.3 Å². The average molecular weight is 948 g/mol. The maximum atomic E-state index is 5.48. The zero-order valence-corrected chi connectivity index (χ0v) is 41.1. The van der Waals surface area contributed by atoms with Crippen LogP contribution in [0, 0.1) is 0 Å². The summed E-state index contributed by atoms with van der Waals surface area (Å²) in [4.78, 5) is 16.2. The summed E-state index contributed by atoms with van der Waals surface area (Å²) in [6.07, 6.45) is 0. The first kappa shape index (κ1) is 44.8. The first-order chi connectivity index (χ1) is 36.2. The zero-order valence-electron chi connectivity index (χ0n) is 40.1. The number of rotatable bonds is 12. The van der Waals surface area contributed by atoms with Gasteiger partial charge in [0.2, 0.25) is 0 Å². The second-order valence-electron chi connectivity index (χ2n) is 18.3. The van der Waals surface area contributed by atoms with Crippen molar-refractivity contribution < 1.29 is 0 Å². The van der Waals surface area contributed by atoms with Gasteiger partial charge in [-0.05, 0) is 83.0 Å². The highest BCUT2D eigenvalue weighted by Crippen LogP contribution is 2.43. The van der Waals surface area contributed by atoms with Crippen LogP contribution in [0.2, 0.25) is 0 Å². The molecule has 0 aliphatic carbocycles. The molecule has 1 aromatic heterocycles. The molecule has 0 amide bonds. The molecule has 0 aliphatic rings. The van der Waals surface area contributed by atoms with E-state index in [4.69, 9.17) is 15.0 Å². The van der Waals surface area contributed by atoms with Crippen LogP contribution in [0.25, 0.3) is 89.8 Å². The van der Waals surface area contributed by atoms with Crippen LogP contribution < -0.4 is 20.7 Å². The molecule has 0 aliphatic heterocycles. The maximum Gasteiger partial charge on any atom is 0.179 e. The molecule has 0 saturated carbocycles. The fourth-order valence-electron chi connectivity index (χ4n) is 10.4. The molecule has 0 unspecified atom stereocenters. The lowest BCUT2D eigenvalue weighted by atomic mass is 9.86. The molecule has 3 nitrogen and oxygen atoms in total. The third-order valence-corrected chi connectivity index (χ3v) is 18.7. The minimum atomic E-state index is -2.89. The molecule has 0 fully saturated rings. The molecule has 0 N–H and O–H groups in total. The summed E-state index contributed by atoms with van der Waals surface area (Å²) in [7, 11) is -2.89. The lowest BCUT2D eigenvalue weighted by Gasteiger charge is -2.34. The summed E-state index contributed by atoms with van der Waals surface area (Å²) in [5, 5.41) is 5.27. The molecule has 11 aromatic carbocycles. The lowest BCUT2D eigenvalue weighted by molar-refractivity contribution is 1.07. The smallest absolute Gasteiger partial charge is 0.179 e. The minimum absolute atomic E-state index is 0.592. The number of benzene rings is 11. The molecule has 12 rings (SSSR count). The number of hydrogen-bond donors (Lipinski definition) is 0. The quantitative estimate of drug-likeness (QED) is 0.0905. The normalized spacial score (nSPS) is 11.3. The van der Waals surface area contributed by atoms with Gasteiger partial charge in [-0.1, -0.05) is 285 Å². The first-order valence-electron chi connectivity index (χ1n) is 24.8. The van der Waals surface area contributed by atoms with Crippen LogP contribution in [0.5, 0.6) is 0 Å². The largest absolute Gasteiger partial charge is 0.208 e. The third-order valence-electron chi connectivity index (χ3n) is 13.9. The van der Waals surface area contributed by atoms with Crippen molar-refractivity contribution in [1.82, 2.24) is 15.0 Å². The van der Waals surface area contributed by atoms with Crippen molar-refractivity contribution >= 4 is 28.8 Å². The zero-order chi connectivity index (χ0) is 48.8. The molecule has 4 heteroatoms. The van der Waals surface area contributed by atoms with Gasteiger partial charge in [-0.25, -0.2) is 15.0 Å². The van der Waals surface area contributed by atoms with E-state index in [1.165, 1.54) is 20.7 Å². The summed E-state index contributed by atoms with van der Waals surface area (Å²) in [5.74, 6) is 1.79. The van der Waals surface area contributed by atoms with Crippen LogP contribution in [0.3, 0.4) is 0 Å². The average Bonchev–Trinajstić information content (AvgIpc) is 3.49. The predicted octanol–water partition coefficient (Wildman–Crippen LogP) is 14.6. The molecule has 0 radical (unpaired) electrons. The van der Waals surface area contributed by atoms with Gasteiger partial charge in [0.1, 0.15) is 0 Å². The summed E-state index contributed by atoms with van der Waals surface area (Å²) in [5.41, 5.74) is 13.8. The van der Waals surface area contributed by atoms with Crippen LogP contribution in [-0.4, -0.2) is 23.0 Å². The van der Waals surface area contributed by atoms with Gasteiger partial charge >= 0.3 is 0 Å². The van der Waals surface area contributed by atoms with E-state index in [1.807, 2.05) is 12.1 Å². The Morgan fingerprint density at radius 1 is 0.192 bits per heavy atom. The first-order valence-corrected chi connectivity index (χ1v) is 26.8. The van der Waals surface area contributed by atoms with Gasteiger partial charge in [0.15, 0.2) is 25.5 Å². The SMILES string of the molecule is c1ccc(-c2ccc(-c3nc(-c4ccc(-c5ccccc5)cc4)nc(-c4cc(-c5ccccc5)cc(-c5cccc([Si](c6ccccc6)(c6ccccc6)c6ccccc6)c5)c4-c4ccccc4)n3)cc2)cc1. The van der Waals surface area contributed by atoms with E-state index in [0.717, 1.165) is 72.3 Å². The van der Waals surface area contributed by atoms with E-state index in [1.54, 1.807) is 0 Å². The molecule has 0 atom stereocenters. The van der Waals surface area contributed by atoms with Gasteiger partial charge < -0.3 is 0 Å². The van der Waals surface area contributed by atoms with E-state index in [0.29, 0.717) is 17.5 Å². The van der Waals surface area contributed by atoms with E-state index < -0.39 is 8.07 Å². The maximum absolute atomic E-state index is 5.48. The fourth-order valence-corrected chi connectivity index (χ4v) is 15.2. The van der Waals surface area contributed by atoms with Gasteiger partial charge in [-0.3, -0.25) is 0 Å². The molecule has 12 aromatic rings. The van der Waals surface area contributed by atoms with Crippen molar-refractivity contribution in [3.63, 3.8) is 0 Å². The predicted molar refractivity (Wildman–Crippen MR) is 307 cm³/mol. The van der Waals surface area contributed by atoms with Crippen molar-refractivity contribution in [3.8, 4) is 89.8 Å². The summed E-state index contributed by atoms with van der Waals surface area (Å²) in [6, 6.07) is 107. The lowest BCUT2D eigenvalue weighted by Crippen LogP contribution is -2.74. The molecular formula is C69H49N3Si. The Labute approximate surface area is 428 Å². The van der Waals surface area contributed by atoms with E-state index in [-0.39, 0.29) is 0 Å². The molecule has 0 spiro atoms. The summed E-state index contributed by atoms with van der Waals surface area (Å²) < 4.78 is 0. The van der Waals surface area contributed by atoms with Crippen molar-refractivity contribution in [2.24, 2.45) is 0 Å². The Balaban J connectivity index is 1.12. The second-order valence-corrected chi connectivity index (χ2v) is 22.1. The highest BCUT2D eigenvalue weighted by Gasteiger charge is 2.41. The van der Waals surface area contributed by atoms with Gasteiger partial charge in [-0.2, -0.15) is 0 Å². The van der Waals surface area contributed by atoms with Gasteiger partial charge in [-0.15, -0.1) is 0 Å². The van der Waals surface area contributed by atoms with Crippen molar-refractivity contribution in [1.29, 1.82) is 0 Å². The number of aromatic nitrogens is 3. The van der Waals surface area contributed by atoms with Crippen LogP contribution in [0.4, 0.5) is 0 Å². The van der Waals surface area contributed by atoms with Gasteiger partial charge in [0.25, 0.3) is 0 Å². The van der Waals surface area contributed by atoms with E-state index >= 15 is 0 Å². The third kappa shape index (κ3) is 8.93. The molecule has 0 saturated heterocycles. The Morgan fingerprint density at radius 3 is 0.918 bits per heavy atom. The van der Waals surface area contributed by atoms with Crippen LogP contribution in [-0.2, 0) is 0 Å². The Kier molecular flexibility index (Phi) is 12.4. The second kappa shape index (κ2) is 20.2. The van der Waals surface area contributed by atoms with E-state index in [9.17, 15) is 0 Å². The topological polar surface area (TPSA) is 38.7 Å². The number of hydrogen-bond acceptors (Lipinski definition) is 3. The molecular weight excluding hydrogens is 899 g/mol.